The predicted molar refractivity (Wildman–Crippen MR) is 105 cm³/mol. The molecule has 5 rings (SSSR count). The molecule has 3 aromatic rings. The first kappa shape index (κ1) is 21.2. The molecule has 0 fully saturated rings. The Labute approximate surface area is 203 Å². The minimum atomic E-state index is -1.13. The SMILES string of the molecule is COc1c(F)cccc1Nc1c2[nH]c3c1C(=O)NC(C3)[I-]OC(=O)[I-]Nc1cnccc1-2. The van der Waals surface area contributed by atoms with Crippen molar-refractivity contribution in [2.45, 2.75) is 10.5 Å². The van der Waals surface area contributed by atoms with E-state index in [1.807, 2.05) is 0 Å². The van der Waals surface area contributed by atoms with Gasteiger partial charge in [-0.15, -0.1) is 0 Å². The number of carbonyl (C=O) groups excluding carboxylic acids is 2. The van der Waals surface area contributed by atoms with E-state index < -0.39 is 48.9 Å². The van der Waals surface area contributed by atoms with Crippen LogP contribution in [0.2, 0.25) is 0 Å². The molecule has 3 bridgehead atoms. The summed E-state index contributed by atoms with van der Waals surface area (Å²) < 4.78 is 27.7. The molecular formula is C20H16FI2N5O4-2. The summed E-state index contributed by atoms with van der Waals surface area (Å²) in [6, 6.07) is 6.34. The molecule has 0 radical (unpaired) electrons. The maximum atomic E-state index is 14.3. The van der Waals surface area contributed by atoms with Crippen LogP contribution in [0.5, 0.6) is 5.75 Å². The number of ether oxygens (including phenoxy) is 1. The molecule has 2 aliphatic heterocycles. The fourth-order valence-electron chi connectivity index (χ4n) is 3.61. The van der Waals surface area contributed by atoms with Crippen molar-refractivity contribution < 1.29 is 64.9 Å². The fourth-order valence-corrected chi connectivity index (χ4v) is 7.37. The van der Waals surface area contributed by atoms with Crippen molar-refractivity contribution >= 4 is 26.9 Å². The van der Waals surface area contributed by atoms with Crippen LogP contribution in [0.4, 0.5) is 26.2 Å². The molecule has 4 heterocycles. The summed E-state index contributed by atoms with van der Waals surface area (Å²) in [5, 5.41) is 6.16. The Kier molecular flexibility index (Phi) is 5.79. The van der Waals surface area contributed by atoms with Crippen molar-refractivity contribution in [3.63, 3.8) is 0 Å². The van der Waals surface area contributed by atoms with E-state index in [4.69, 9.17) is 7.80 Å². The third-order valence-electron chi connectivity index (χ3n) is 4.94. The van der Waals surface area contributed by atoms with E-state index in [0.29, 0.717) is 34.7 Å². The van der Waals surface area contributed by atoms with Gasteiger partial charge >= 0.3 is 204 Å². The van der Waals surface area contributed by atoms with Crippen molar-refractivity contribution in [3.05, 3.63) is 53.7 Å². The van der Waals surface area contributed by atoms with Gasteiger partial charge in [0.25, 0.3) is 0 Å². The first-order valence-electron chi connectivity index (χ1n) is 9.39. The molecule has 168 valence electrons. The third-order valence-corrected chi connectivity index (χ3v) is 9.31. The molecule has 2 aliphatic rings. The number of nitrogens with zero attached hydrogens (tertiary/aromatic N) is 1. The number of hydrogen-bond acceptors (Lipinski definition) is 7. The summed E-state index contributed by atoms with van der Waals surface area (Å²) in [5.74, 6) is -0.760. The van der Waals surface area contributed by atoms with E-state index in [1.165, 1.54) is 13.2 Å². The second-order valence-electron chi connectivity index (χ2n) is 6.83. The van der Waals surface area contributed by atoms with Gasteiger partial charge in [-0.1, -0.05) is 0 Å². The van der Waals surface area contributed by atoms with Gasteiger partial charge in [-0.25, -0.2) is 0 Å². The van der Waals surface area contributed by atoms with Crippen LogP contribution in [0.3, 0.4) is 0 Å². The van der Waals surface area contributed by atoms with Gasteiger partial charge in [-0.05, 0) is 0 Å². The van der Waals surface area contributed by atoms with Crippen molar-refractivity contribution in [1.82, 2.24) is 15.3 Å². The van der Waals surface area contributed by atoms with Gasteiger partial charge in [0.15, 0.2) is 0 Å². The van der Waals surface area contributed by atoms with Gasteiger partial charge in [-0.3, -0.25) is 0 Å². The van der Waals surface area contributed by atoms with E-state index in [9.17, 15) is 14.0 Å². The molecule has 0 saturated heterocycles. The van der Waals surface area contributed by atoms with E-state index in [2.05, 4.69) is 24.1 Å². The first-order chi connectivity index (χ1) is 15.5. The Morgan fingerprint density at radius 3 is 3.03 bits per heavy atom. The van der Waals surface area contributed by atoms with Gasteiger partial charge in [0, 0.05) is 0 Å². The van der Waals surface area contributed by atoms with Crippen molar-refractivity contribution in [2.24, 2.45) is 0 Å². The Morgan fingerprint density at radius 1 is 1.31 bits per heavy atom. The molecule has 32 heavy (non-hydrogen) atoms. The number of pyridine rings is 1. The average Bonchev–Trinajstić information content (AvgIpc) is 3.15. The van der Waals surface area contributed by atoms with Crippen LogP contribution in [0, 0.1) is 5.82 Å². The monoisotopic (exact) mass is 663 g/mol. The van der Waals surface area contributed by atoms with Crippen LogP contribution >= 0.6 is 0 Å². The summed E-state index contributed by atoms with van der Waals surface area (Å²) in [6.07, 6.45) is 3.75. The molecule has 1 aromatic carbocycles. The number of nitrogens with one attached hydrogen (secondary N) is 4. The van der Waals surface area contributed by atoms with Crippen LogP contribution in [-0.4, -0.2) is 31.0 Å². The number of hydrogen-bond donors (Lipinski definition) is 4. The third kappa shape index (κ3) is 3.85. The Morgan fingerprint density at radius 2 is 2.19 bits per heavy atom. The Hall–Kier alpha value is -2.62. The second-order valence-corrected chi connectivity index (χ2v) is 11.2. The van der Waals surface area contributed by atoms with Crippen LogP contribution in [0.15, 0.2) is 36.7 Å². The zero-order valence-corrected chi connectivity index (χ0v) is 20.8. The first-order valence-corrected chi connectivity index (χ1v) is 13.7. The van der Waals surface area contributed by atoms with Gasteiger partial charge in [0.05, 0.1) is 0 Å². The number of aromatic amines is 1. The fraction of sp³-hybridized carbons (Fsp3) is 0.150. The number of benzene rings is 1. The van der Waals surface area contributed by atoms with Crippen LogP contribution in [0.25, 0.3) is 11.3 Å². The van der Waals surface area contributed by atoms with Gasteiger partial charge < -0.3 is 0 Å². The summed E-state index contributed by atoms with van der Waals surface area (Å²) in [6.45, 7) is 0. The molecule has 9 nitrogen and oxygen atoms in total. The number of H-pyrrole nitrogens is 1. The molecule has 0 aliphatic carbocycles. The van der Waals surface area contributed by atoms with Crippen LogP contribution in [0.1, 0.15) is 16.1 Å². The number of methoxy groups -OCH3 is 1. The maximum absolute atomic E-state index is 14.3. The van der Waals surface area contributed by atoms with Gasteiger partial charge in [0.1, 0.15) is 0 Å². The summed E-state index contributed by atoms with van der Waals surface area (Å²) in [5.41, 5.74) is 4.04. The molecule has 0 spiro atoms. The summed E-state index contributed by atoms with van der Waals surface area (Å²) >= 11 is -2.16. The minimum absolute atomic E-state index is 0.0456. The van der Waals surface area contributed by atoms with Gasteiger partial charge in [0.2, 0.25) is 0 Å². The molecule has 1 amide bonds. The number of fused-ring (bicyclic) bond motifs is 4. The van der Waals surface area contributed by atoms with Crippen molar-refractivity contribution in [3.8, 4) is 17.0 Å². The van der Waals surface area contributed by atoms with E-state index in [1.54, 1.807) is 30.6 Å². The Balaban J connectivity index is 1.71. The molecular weight excluding hydrogens is 647 g/mol. The number of rotatable bonds is 3. The van der Waals surface area contributed by atoms with Crippen LogP contribution in [-0.2, 0) is 9.49 Å². The van der Waals surface area contributed by atoms with Crippen molar-refractivity contribution in [1.29, 1.82) is 0 Å². The molecule has 12 heteroatoms. The average molecular weight is 663 g/mol. The number of para-hydroxylation sites is 1. The molecule has 4 N–H and O–H groups in total. The Bertz CT molecular complexity index is 1230. The standard InChI is InChI=1S/C20H16FI2N5O4/c1-31-18-10(21)3-2-4-11(18)25-17-15-12-7-14(27-19(15)29)23-32-20(30)22-28-13-8-24-6-5-9(13)16(17)26-12/h2-6,8,14,25-26,28H,7H2,1H3,(H,27,29)/q-2. The number of halogens is 3. The van der Waals surface area contributed by atoms with Crippen LogP contribution < -0.4 is 62.0 Å². The molecule has 2 aromatic heterocycles. The van der Waals surface area contributed by atoms with E-state index in [-0.39, 0.29) is 19.7 Å². The summed E-state index contributed by atoms with van der Waals surface area (Å²) in [7, 11) is 1.39. The molecule has 0 saturated carbocycles. The zero-order chi connectivity index (χ0) is 22.2. The molecule has 1 atom stereocenters. The molecule has 1 unspecified atom stereocenters. The predicted octanol–water partition coefficient (Wildman–Crippen LogP) is -2.85. The van der Waals surface area contributed by atoms with Gasteiger partial charge in [-0.2, -0.15) is 0 Å². The zero-order valence-electron chi connectivity index (χ0n) is 16.5. The van der Waals surface area contributed by atoms with E-state index in [0.717, 1.165) is 11.3 Å². The topological polar surface area (TPSA) is 117 Å². The van der Waals surface area contributed by atoms with E-state index >= 15 is 0 Å². The normalized spacial score (nSPS) is 17.8. The number of alkyl halides is 1. The quantitative estimate of drug-likeness (QED) is 0.0785. The number of aromatic nitrogens is 2. The number of amides is 1. The summed E-state index contributed by atoms with van der Waals surface area (Å²) in [4.78, 5) is 32.9. The second kappa shape index (κ2) is 8.73. The van der Waals surface area contributed by atoms with Crippen molar-refractivity contribution in [2.75, 3.05) is 16.0 Å². The number of carbonyl (C=O) groups is 2. The number of anilines is 3.